The Morgan fingerprint density at radius 2 is 1.60 bits per heavy atom. The van der Waals surface area contributed by atoms with Gasteiger partial charge < -0.3 is 15.1 Å². The largest absolute Gasteiger partial charge is 0.440 e. The molecule has 0 bridgehead atoms. The van der Waals surface area contributed by atoms with Crippen molar-refractivity contribution >= 4 is 56.3 Å². The van der Waals surface area contributed by atoms with Crippen molar-refractivity contribution in [3.63, 3.8) is 0 Å². The van der Waals surface area contributed by atoms with E-state index in [-0.39, 0.29) is 0 Å². The van der Waals surface area contributed by atoms with Gasteiger partial charge in [-0.3, -0.25) is 0 Å². The van der Waals surface area contributed by atoms with Crippen molar-refractivity contribution in [1.82, 2.24) is 0 Å². The summed E-state index contributed by atoms with van der Waals surface area (Å²) in [4.78, 5) is 2.38. The Kier molecular flexibility index (Phi) is 7.43. The van der Waals surface area contributed by atoms with Gasteiger partial charge in [0, 0.05) is 33.8 Å². The fourth-order valence-electron chi connectivity index (χ4n) is 6.84. The lowest BCUT2D eigenvalue weighted by atomic mass is 9.83. The van der Waals surface area contributed by atoms with Crippen LogP contribution < -0.4 is 10.6 Å². The predicted octanol–water partition coefficient (Wildman–Crippen LogP) is 12.2. The fraction of sp³-hybridized carbons (Fsp3) is 0.0909. The zero-order valence-electron chi connectivity index (χ0n) is 26.4. The van der Waals surface area contributed by atoms with Crippen LogP contribution in [0.5, 0.6) is 0 Å². The molecule has 2 N–H and O–H groups in total. The fourth-order valence-corrected chi connectivity index (χ4v) is 6.84. The van der Waals surface area contributed by atoms with Crippen LogP contribution in [0.15, 0.2) is 162 Å². The smallest absolute Gasteiger partial charge is 0.198 e. The second kappa shape index (κ2) is 12.2. The maximum absolute atomic E-state index is 6.33. The first-order valence-corrected chi connectivity index (χ1v) is 16.4. The van der Waals surface area contributed by atoms with Crippen LogP contribution in [-0.2, 0) is 0 Å². The molecule has 0 saturated carbocycles. The van der Waals surface area contributed by atoms with Crippen LogP contribution in [0.4, 0.5) is 22.9 Å². The molecule has 1 heterocycles. The van der Waals surface area contributed by atoms with Crippen LogP contribution in [0.3, 0.4) is 0 Å². The topological polar surface area (TPSA) is 42.4 Å². The zero-order valence-corrected chi connectivity index (χ0v) is 26.4. The Hall–Kier alpha value is -5.80. The van der Waals surface area contributed by atoms with Crippen molar-refractivity contribution in [2.75, 3.05) is 10.6 Å². The highest BCUT2D eigenvalue weighted by Crippen LogP contribution is 2.43. The molecule has 0 amide bonds. The zero-order chi connectivity index (χ0) is 31.7. The number of nitrogens with zero attached hydrogens (tertiary/aromatic N) is 1. The standard InChI is InChI=1S/C44H36N2O/c1-2-3-15-40-41-28-34-22-25-38(27-36(34)29-43(41)47-44(40)45)46(37-23-20-32(21-24-37)30-11-5-4-6-12-30)42-17-10-9-16-39(42)35-19-18-31-13-7-8-14-33(31)26-35/h3-17,19-29,31H,2,18,45H2,1H3/b15-3-. The molecule has 3 heteroatoms. The molecular weight excluding hydrogens is 572 g/mol. The van der Waals surface area contributed by atoms with E-state index >= 15 is 0 Å². The SMILES string of the molecule is CC/C=C\c1c(N)oc2cc3cc(N(c4ccc(-c5ccccc5)cc4)c4ccccc4C4=CCC5C=CC=CC5=C4)ccc3cc12. The van der Waals surface area contributed by atoms with E-state index < -0.39 is 0 Å². The van der Waals surface area contributed by atoms with E-state index in [1.165, 1.54) is 27.8 Å². The van der Waals surface area contributed by atoms with Crippen molar-refractivity contribution in [2.24, 2.45) is 5.92 Å². The minimum Gasteiger partial charge on any atom is -0.440 e. The Balaban J connectivity index is 1.28. The molecule has 6 aromatic rings. The highest BCUT2D eigenvalue weighted by atomic mass is 16.3. The Bertz CT molecular complexity index is 2260. The van der Waals surface area contributed by atoms with Crippen molar-refractivity contribution in [3.8, 4) is 11.1 Å². The summed E-state index contributed by atoms with van der Waals surface area (Å²) in [6, 6.07) is 39.2. The van der Waals surface area contributed by atoms with Crippen LogP contribution in [0.2, 0.25) is 0 Å². The van der Waals surface area contributed by atoms with Gasteiger partial charge in [0.25, 0.3) is 0 Å². The number of furan rings is 1. The number of para-hydroxylation sites is 1. The molecule has 0 radical (unpaired) electrons. The van der Waals surface area contributed by atoms with Gasteiger partial charge in [0.15, 0.2) is 5.88 Å². The summed E-state index contributed by atoms with van der Waals surface area (Å²) >= 11 is 0. The third-order valence-electron chi connectivity index (χ3n) is 9.25. The number of fused-ring (bicyclic) bond motifs is 3. The van der Waals surface area contributed by atoms with Gasteiger partial charge in [-0.05, 0) is 88.4 Å². The number of rotatable bonds is 7. The van der Waals surface area contributed by atoms with Gasteiger partial charge in [-0.15, -0.1) is 0 Å². The highest BCUT2D eigenvalue weighted by molar-refractivity contribution is 6.03. The minimum absolute atomic E-state index is 0.448. The summed E-state index contributed by atoms with van der Waals surface area (Å²) in [5.41, 5.74) is 17.6. The third-order valence-corrected chi connectivity index (χ3v) is 9.25. The number of anilines is 4. The van der Waals surface area contributed by atoms with Crippen LogP contribution in [-0.4, -0.2) is 0 Å². The molecule has 0 aliphatic heterocycles. The molecule has 0 spiro atoms. The number of nitrogen functional groups attached to an aromatic ring is 1. The number of hydrogen-bond acceptors (Lipinski definition) is 3. The maximum Gasteiger partial charge on any atom is 0.198 e. The molecular formula is C44H36N2O. The average molecular weight is 609 g/mol. The first kappa shape index (κ1) is 28.7. The van der Waals surface area contributed by atoms with Gasteiger partial charge in [-0.2, -0.15) is 0 Å². The lowest BCUT2D eigenvalue weighted by molar-refractivity contribution is 0.637. The molecule has 2 aliphatic carbocycles. The number of nitrogens with two attached hydrogens (primary N) is 1. The monoisotopic (exact) mass is 608 g/mol. The van der Waals surface area contributed by atoms with Gasteiger partial charge >= 0.3 is 0 Å². The van der Waals surface area contributed by atoms with E-state index in [1.807, 2.05) is 0 Å². The van der Waals surface area contributed by atoms with Gasteiger partial charge in [0.2, 0.25) is 0 Å². The van der Waals surface area contributed by atoms with Crippen LogP contribution in [0.25, 0.3) is 44.5 Å². The normalized spacial score (nSPS) is 15.6. The van der Waals surface area contributed by atoms with Crippen molar-refractivity contribution < 1.29 is 4.42 Å². The molecule has 1 unspecified atom stereocenters. The molecule has 8 rings (SSSR count). The summed E-state index contributed by atoms with van der Waals surface area (Å²) < 4.78 is 6.06. The minimum atomic E-state index is 0.448. The lowest BCUT2D eigenvalue weighted by Crippen LogP contribution is -2.13. The molecule has 5 aromatic carbocycles. The Morgan fingerprint density at radius 3 is 2.45 bits per heavy atom. The maximum atomic E-state index is 6.33. The quantitative estimate of drug-likeness (QED) is 0.196. The average Bonchev–Trinajstić information content (AvgIpc) is 3.43. The molecule has 47 heavy (non-hydrogen) atoms. The van der Waals surface area contributed by atoms with Crippen LogP contribution in [0, 0.1) is 5.92 Å². The van der Waals surface area contributed by atoms with E-state index in [1.54, 1.807) is 0 Å². The first-order valence-electron chi connectivity index (χ1n) is 16.4. The van der Waals surface area contributed by atoms with Crippen LogP contribution >= 0.6 is 0 Å². The summed E-state index contributed by atoms with van der Waals surface area (Å²) in [5, 5.41) is 3.27. The van der Waals surface area contributed by atoms with E-state index in [0.29, 0.717) is 11.8 Å². The molecule has 2 aliphatic rings. The third kappa shape index (κ3) is 5.40. The summed E-state index contributed by atoms with van der Waals surface area (Å²) in [6.07, 6.45) is 19.7. The molecule has 0 fully saturated rings. The number of benzene rings is 5. The van der Waals surface area contributed by atoms with E-state index in [9.17, 15) is 0 Å². The molecule has 1 aromatic heterocycles. The van der Waals surface area contributed by atoms with E-state index in [0.717, 1.165) is 57.2 Å². The van der Waals surface area contributed by atoms with Gasteiger partial charge in [-0.25, -0.2) is 0 Å². The lowest BCUT2D eigenvalue weighted by Gasteiger charge is -2.29. The predicted molar refractivity (Wildman–Crippen MR) is 200 cm³/mol. The van der Waals surface area contributed by atoms with Crippen molar-refractivity contribution in [1.29, 1.82) is 0 Å². The van der Waals surface area contributed by atoms with Crippen molar-refractivity contribution in [2.45, 2.75) is 19.8 Å². The van der Waals surface area contributed by atoms with Gasteiger partial charge in [0.05, 0.1) is 5.69 Å². The molecule has 1 atom stereocenters. The number of allylic oxidation sites excluding steroid dienone is 9. The van der Waals surface area contributed by atoms with Crippen LogP contribution in [0.1, 0.15) is 30.9 Å². The highest BCUT2D eigenvalue weighted by Gasteiger charge is 2.22. The van der Waals surface area contributed by atoms with Gasteiger partial charge in [0.1, 0.15) is 5.58 Å². The second-order valence-corrected chi connectivity index (χ2v) is 12.2. The molecule has 3 nitrogen and oxygen atoms in total. The van der Waals surface area contributed by atoms with E-state index in [2.05, 4.69) is 170 Å². The first-order chi connectivity index (χ1) is 23.2. The van der Waals surface area contributed by atoms with E-state index in [4.69, 9.17) is 10.2 Å². The Labute approximate surface area is 276 Å². The number of hydrogen-bond donors (Lipinski definition) is 1. The molecule has 0 saturated heterocycles. The summed E-state index contributed by atoms with van der Waals surface area (Å²) in [5.74, 6) is 0.901. The van der Waals surface area contributed by atoms with Crippen molar-refractivity contribution in [3.05, 3.63) is 168 Å². The molecule has 228 valence electrons. The van der Waals surface area contributed by atoms with Gasteiger partial charge in [-0.1, -0.05) is 122 Å². The second-order valence-electron chi connectivity index (χ2n) is 12.2. The summed E-state index contributed by atoms with van der Waals surface area (Å²) in [6.45, 7) is 2.12. The Morgan fingerprint density at radius 1 is 0.809 bits per heavy atom. The summed E-state index contributed by atoms with van der Waals surface area (Å²) in [7, 11) is 0.